The number of unbranched alkanes of at least 4 members (excludes halogenated alkanes) is 1. The highest BCUT2D eigenvalue weighted by atomic mass is 127. The number of aromatic nitrogens is 1. The summed E-state index contributed by atoms with van der Waals surface area (Å²) < 4.78 is 6.79. The molecule has 0 aliphatic heterocycles. The molecular weight excluding hydrogens is 399 g/mol. The predicted octanol–water partition coefficient (Wildman–Crippen LogP) is 4.23. The molecule has 0 amide bonds. The normalized spacial score (nSPS) is 10.2. The van der Waals surface area contributed by atoms with E-state index in [4.69, 9.17) is 10.5 Å². The number of rotatable bonds is 5. The average Bonchev–Trinajstić information content (AvgIpc) is 2.49. The lowest BCUT2D eigenvalue weighted by molar-refractivity contribution is 0.119. The first kappa shape index (κ1) is 17.8. The minimum atomic E-state index is 0.597. The number of hydrogen-bond acceptors (Lipinski definition) is 3. The molecule has 0 atom stereocenters. The van der Waals surface area contributed by atoms with E-state index >= 15 is 0 Å². The molecule has 3 nitrogen and oxygen atoms in total. The fourth-order valence-electron chi connectivity index (χ4n) is 2.23. The average molecular weight is 420 g/mol. The molecule has 0 unspecified atom stereocenters. The number of aryl methyl sites for hydroxylation is 2. The van der Waals surface area contributed by atoms with E-state index in [1.165, 1.54) is 0 Å². The summed E-state index contributed by atoms with van der Waals surface area (Å²) >= 11 is 2.26. The lowest BCUT2D eigenvalue weighted by Gasteiger charge is -2.07. The predicted molar refractivity (Wildman–Crippen MR) is 103 cm³/mol. The maximum absolute atomic E-state index is 5.88. The summed E-state index contributed by atoms with van der Waals surface area (Å²) in [4.78, 5) is 4.35. The van der Waals surface area contributed by atoms with E-state index < -0.39 is 0 Å². The number of nitrogen functional groups attached to an aromatic ring is 1. The van der Waals surface area contributed by atoms with Gasteiger partial charge in [-0.2, -0.15) is 0 Å². The fraction of sp³-hybridized carbons (Fsp3) is 0.316. The zero-order valence-corrected chi connectivity index (χ0v) is 15.7. The summed E-state index contributed by atoms with van der Waals surface area (Å²) in [7, 11) is 0. The number of ether oxygens (including phenoxy) is 1. The Balaban J connectivity index is 1.72. The second-order valence-electron chi connectivity index (χ2n) is 5.42. The van der Waals surface area contributed by atoms with Gasteiger partial charge in [-0.3, -0.25) is 4.98 Å². The highest BCUT2D eigenvalue weighted by Gasteiger charge is 2.02. The van der Waals surface area contributed by atoms with Crippen molar-refractivity contribution in [1.29, 1.82) is 0 Å². The molecule has 2 N–H and O–H groups in total. The minimum absolute atomic E-state index is 0.597. The van der Waals surface area contributed by atoms with Crippen LogP contribution in [0.4, 0.5) is 5.69 Å². The summed E-state index contributed by atoms with van der Waals surface area (Å²) in [6, 6.07) is 9.94. The van der Waals surface area contributed by atoms with Crippen LogP contribution in [0.1, 0.15) is 35.4 Å². The largest absolute Gasteiger partial charge is 0.398 e. The Kier molecular flexibility index (Phi) is 6.87. The second-order valence-corrected chi connectivity index (χ2v) is 6.50. The first-order chi connectivity index (χ1) is 11.1. The van der Waals surface area contributed by atoms with Gasteiger partial charge in [-0.15, -0.1) is 0 Å². The van der Waals surface area contributed by atoms with E-state index in [2.05, 4.69) is 39.4 Å². The van der Waals surface area contributed by atoms with Crippen molar-refractivity contribution < 1.29 is 4.74 Å². The second kappa shape index (κ2) is 8.90. The van der Waals surface area contributed by atoms with Crippen molar-refractivity contribution in [3.8, 4) is 11.8 Å². The molecule has 2 aromatic rings. The molecule has 0 fully saturated rings. The van der Waals surface area contributed by atoms with Crippen LogP contribution < -0.4 is 5.73 Å². The number of pyridine rings is 1. The number of nitrogens with zero attached hydrogens (tertiary/aromatic N) is 1. The Bertz CT molecular complexity index is 712. The van der Waals surface area contributed by atoms with Crippen molar-refractivity contribution in [2.45, 2.75) is 33.3 Å². The van der Waals surface area contributed by atoms with E-state index in [9.17, 15) is 0 Å². The Labute approximate surface area is 151 Å². The van der Waals surface area contributed by atoms with E-state index in [1.807, 2.05) is 44.2 Å². The first-order valence-electron chi connectivity index (χ1n) is 7.61. The molecule has 0 aliphatic carbocycles. The van der Waals surface area contributed by atoms with Crippen LogP contribution in [0, 0.1) is 29.3 Å². The van der Waals surface area contributed by atoms with Crippen molar-refractivity contribution in [3.05, 3.63) is 56.4 Å². The summed E-state index contributed by atoms with van der Waals surface area (Å²) in [6.07, 6.45) is 1.75. The van der Waals surface area contributed by atoms with Gasteiger partial charge in [-0.25, -0.2) is 0 Å². The van der Waals surface area contributed by atoms with Gasteiger partial charge in [0.2, 0.25) is 0 Å². The Morgan fingerprint density at radius 3 is 2.70 bits per heavy atom. The molecule has 23 heavy (non-hydrogen) atoms. The van der Waals surface area contributed by atoms with Crippen molar-refractivity contribution >= 4 is 28.3 Å². The van der Waals surface area contributed by atoms with Gasteiger partial charge in [-0.1, -0.05) is 24.0 Å². The van der Waals surface area contributed by atoms with Crippen LogP contribution in [-0.4, -0.2) is 11.6 Å². The minimum Gasteiger partial charge on any atom is -0.398 e. The molecule has 1 heterocycles. The number of nitrogens with two attached hydrogens (primary N) is 1. The maximum atomic E-state index is 5.88. The van der Waals surface area contributed by atoms with Crippen molar-refractivity contribution in [3.63, 3.8) is 0 Å². The zero-order valence-electron chi connectivity index (χ0n) is 13.5. The molecule has 0 radical (unpaired) electrons. The summed E-state index contributed by atoms with van der Waals surface area (Å²) in [5.74, 6) is 6.38. The smallest absolute Gasteiger partial charge is 0.0727 e. The SMILES string of the molecule is Cc1cc(C#CCCCOCc2cccc(N)c2I)cc(C)n1. The third-order valence-electron chi connectivity index (χ3n) is 3.27. The van der Waals surface area contributed by atoms with Crippen LogP contribution in [0.3, 0.4) is 0 Å². The van der Waals surface area contributed by atoms with Crippen molar-refractivity contribution in [2.24, 2.45) is 0 Å². The van der Waals surface area contributed by atoms with Gasteiger partial charge < -0.3 is 10.5 Å². The van der Waals surface area contributed by atoms with Gasteiger partial charge in [0.25, 0.3) is 0 Å². The van der Waals surface area contributed by atoms with Gasteiger partial charge in [0.05, 0.1) is 6.61 Å². The molecule has 0 saturated heterocycles. The molecule has 0 spiro atoms. The molecule has 0 aliphatic rings. The summed E-state index contributed by atoms with van der Waals surface area (Å²) in [5, 5.41) is 0. The number of hydrogen-bond donors (Lipinski definition) is 1. The van der Waals surface area contributed by atoms with Crippen molar-refractivity contribution in [2.75, 3.05) is 12.3 Å². The Hall–Kier alpha value is -1.58. The van der Waals surface area contributed by atoms with E-state index in [1.54, 1.807) is 0 Å². The molecule has 1 aromatic heterocycles. The summed E-state index contributed by atoms with van der Waals surface area (Å²) in [6.45, 7) is 5.28. The van der Waals surface area contributed by atoms with Gasteiger partial charge in [-0.05, 0) is 66.6 Å². The Morgan fingerprint density at radius 1 is 1.22 bits per heavy atom. The fourth-order valence-corrected chi connectivity index (χ4v) is 2.74. The van der Waals surface area contributed by atoms with E-state index in [0.717, 1.165) is 44.6 Å². The molecule has 2 rings (SSSR count). The Morgan fingerprint density at radius 2 is 1.96 bits per heavy atom. The quantitative estimate of drug-likeness (QED) is 0.341. The van der Waals surface area contributed by atoms with Gasteiger partial charge in [0.1, 0.15) is 0 Å². The van der Waals surface area contributed by atoms with Gasteiger partial charge in [0.15, 0.2) is 0 Å². The molecule has 0 saturated carbocycles. The molecule has 4 heteroatoms. The standard InChI is InChI=1S/C19H21IN2O/c1-14-11-16(12-15(2)22-14)7-4-3-5-10-23-13-17-8-6-9-18(21)19(17)20/h6,8-9,11-12H,3,5,10,13,21H2,1-2H3. The first-order valence-corrected chi connectivity index (χ1v) is 8.69. The molecule has 0 bridgehead atoms. The third-order valence-corrected chi connectivity index (χ3v) is 4.59. The van der Waals surface area contributed by atoms with Crippen LogP contribution in [0.25, 0.3) is 0 Å². The van der Waals surface area contributed by atoms with Crippen molar-refractivity contribution in [1.82, 2.24) is 4.98 Å². The van der Waals surface area contributed by atoms with Crippen LogP contribution in [0.15, 0.2) is 30.3 Å². The number of halogens is 1. The van der Waals surface area contributed by atoms with Crippen LogP contribution in [0.2, 0.25) is 0 Å². The zero-order chi connectivity index (χ0) is 16.7. The lowest BCUT2D eigenvalue weighted by Crippen LogP contribution is -1.99. The number of benzene rings is 1. The van der Waals surface area contributed by atoms with E-state index in [0.29, 0.717) is 13.2 Å². The lowest BCUT2D eigenvalue weighted by atomic mass is 10.2. The molecular formula is C19H21IN2O. The van der Waals surface area contributed by atoms with Crippen LogP contribution in [-0.2, 0) is 11.3 Å². The van der Waals surface area contributed by atoms with Crippen LogP contribution >= 0.6 is 22.6 Å². The van der Waals surface area contributed by atoms with E-state index in [-0.39, 0.29) is 0 Å². The third kappa shape index (κ3) is 5.85. The van der Waals surface area contributed by atoms with Crippen LogP contribution in [0.5, 0.6) is 0 Å². The number of anilines is 1. The topological polar surface area (TPSA) is 48.1 Å². The highest BCUT2D eigenvalue weighted by Crippen LogP contribution is 2.19. The molecule has 120 valence electrons. The molecule has 1 aromatic carbocycles. The van der Waals surface area contributed by atoms with Gasteiger partial charge in [0, 0.05) is 39.2 Å². The highest BCUT2D eigenvalue weighted by molar-refractivity contribution is 14.1. The maximum Gasteiger partial charge on any atom is 0.0727 e. The van der Waals surface area contributed by atoms with Gasteiger partial charge >= 0.3 is 0 Å². The summed E-state index contributed by atoms with van der Waals surface area (Å²) in [5.41, 5.74) is 10.9. The monoisotopic (exact) mass is 420 g/mol.